The third-order valence-corrected chi connectivity index (χ3v) is 3.75. The Morgan fingerprint density at radius 3 is 2.40 bits per heavy atom. The van der Waals surface area contributed by atoms with E-state index in [4.69, 9.17) is 0 Å². The number of amides is 1. The predicted molar refractivity (Wildman–Crippen MR) is 93.7 cm³/mol. The summed E-state index contributed by atoms with van der Waals surface area (Å²) in [6.45, 7) is 1.59. The molecule has 3 aromatic rings. The zero-order valence-electron chi connectivity index (χ0n) is 13.5. The molecule has 1 atom stereocenters. The van der Waals surface area contributed by atoms with E-state index in [2.05, 4.69) is 10.4 Å². The molecule has 0 saturated heterocycles. The predicted octanol–water partition coefficient (Wildman–Crippen LogP) is 3.25. The minimum absolute atomic E-state index is 0.374. The summed E-state index contributed by atoms with van der Waals surface area (Å²) < 4.78 is 14.1. The van der Waals surface area contributed by atoms with Gasteiger partial charge < -0.3 is 5.32 Å². The number of rotatable bonds is 4. The molecule has 0 bridgehead atoms. The van der Waals surface area contributed by atoms with E-state index in [-0.39, 0.29) is 11.4 Å². The first kappa shape index (κ1) is 16.6. The normalized spacial score (nSPS) is 11.8. The van der Waals surface area contributed by atoms with Gasteiger partial charge in [-0.2, -0.15) is 5.10 Å². The topological polar surface area (TPSA) is 64.0 Å². The molecule has 1 N–H and O–H groups in total. The molecule has 3 rings (SSSR count). The molecule has 2 aromatic carbocycles. The van der Waals surface area contributed by atoms with E-state index < -0.39 is 11.9 Å². The fourth-order valence-electron chi connectivity index (χ4n) is 2.36. The monoisotopic (exact) mass is 337 g/mol. The quantitative estimate of drug-likeness (QED) is 0.795. The second-order valence-corrected chi connectivity index (χ2v) is 5.54. The molecule has 1 unspecified atom stereocenters. The highest BCUT2D eigenvalue weighted by molar-refractivity contribution is 5.93. The highest BCUT2D eigenvalue weighted by atomic mass is 19.1. The van der Waals surface area contributed by atoms with Crippen LogP contribution in [0, 0.1) is 5.82 Å². The molecule has 126 valence electrons. The lowest BCUT2D eigenvalue weighted by molar-refractivity contribution is -0.119. The largest absolute Gasteiger partial charge is 0.324 e. The Balaban J connectivity index is 1.86. The van der Waals surface area contributed by atoms with E-state index in [9.17, 15) is 14.0 Å². The molecule has 0 fully saturated rings. The van der Waals surface area contributed by atoms with Gasteiger partial charge in [-0.25, -0.2) is 9.07 Å². The van der Waals surface area contributed by atoms with Crippen LogP contribution in [0.5, 0.6) is 0 Å². The first-order valence-electron chi connectivity index (χ1n) is 7.76. The maximum atomic E-state index is 12.9. The standard InChI is InChI=1S/C19H16FN3O2/c1-13(19(25)21-16-9-7-15(20)8-10-16)23-18(24)12-11-17(22-23)14-5-3-2-4-6-14/h2-13H,1H3,(H,21,25). The number of nitrogens with zero attached hydrogens (tertiary/aromatic N) is 2. The Morgan fingerprint density at radius 2 is 1.72 bits per heavy atom. The van der Waals surface area contributed by atoms with Gasteiger partial charge in [0.15, 0.2) is 0 Å². The molecule has 0 saturated carbocycles. The molecular weight excluding hydrogens is 321 g/mol. The lowest BCUT2D eigenvalue weighted by Crippen LogP contribution is -2.33. The van der Waals surface area contributed by atoms with Gasteiger partial charge in [0.2, 0.25) is 5.91 Å². The number of carbonyl (C=O) groups is 1. The molecule has 1 amide bonds. The Morgan fingerprint density at radius 1 is 1.04 bits per heavy atom. The van der Waals surface area contributed by atoms with Gasteiger partial charge in [-0.15, -0.1) is 0 Å². The van der Waals surface area contributed by atoms with Crippen LogP contribution in [0.3, 0.4) is 0 Å². The van der Waals surface area contributed by atoms with Gasteiger partial charge in [-0.05, 0) is 37.3 Å². The summed E-state index contributed by atoms with van der Waals surface area (Å²) in [6.07, 6.45) is 0. The Hall–Kier alpha value is -3.28. The molecule has 6 heteroatoms. The number of anilines is 1. The van der Waals surface area contributed by atoms with Crippen molar-refractivity contribution in [3.63, 3.8) is 0 Å². The van der Waals surface area contributed by atoms with Gasteiger partial charge in [0, 0.05) is 17.3 Å². The summed E-state index contributed by atoms with van der Waals surface area (Å²) in [7, 11) is 0. The number of halogens is 1. The Kier molecular flexibility index (Phi) is 4.70. The molecule has 1 heterocycles. The number of carbonyl (C=O) groups excluding carboxylic acids is 1. The van der Waals surface area contributed by atoms with E-state index in [0.29, 0.717) is 11.4 Å². The summed E-state index contributed by atoms with van der Waals surface area (Å²) in [4.78, 5) is 24.5. The molecule has 0 spiro atoms. The number of hydrogen-bond donors (Lipinski definition) is 1. The summed E-state index contributed by atoms with van der Waals surface area (Å²) in [6, 6.07) is 17.0. The molecule has 25 heavy (non-hydrogen) atoms. The van der Waals surface area contributed by atoms with Crippen LogP contribution in [-0.4, -0.2) is 15.7 Å². The number of aromatic nitrogens is 2. The Labute approximate surface area is 143 Å². The van der Waals surface area contributed by atoms with E-state index in [1.54, 1.807) is 13.0 Å². The lowest BCUT2D eigenvalue weighted by Gasteiger charge is -2.15. The number of benzene rings is 2. The van der Waals surface area contributed by atoms with Crippen molar-refractivity contribution in [2.24, 2.45) is 0 Å². The van der Waals surface area contributed by atoms with Crippen LogP contribution in [-0.2, 0) is 4.79 Å². The molecule has 5 nitrogen and oxygen atoms in total. The third kappa shape index (κ3) is 3.80. The first-order chi connectivity index (χ1) is 12.0. The zero-order chi connectivity index (χ0) is 17.8. The van der Waals surface area contributed by atoms with Gasteiger partial charge >= 0.3 is 0 Å². The molecular formula is C19H16FN3O2. The number of hydrogen-bond acceptors (Lipinski definition) is 3. The van der Waals surface area contributed by atoms with Gasteiger partial charge in [0.05, 0.1) is 5.69 Å². The van der Waals surface area contributed by atoms with E-state index in [1.165, 1.54) is 30.3 Å². The average Bonchev–Trinajstić information content (AvgIpc) is 2.64. The van der Waals surface area contributed by atoms with Crippen LogP contribution in [0.15, 0.2) is 71.5 Å². The van der Waals surface area contributed by atoms with Gasteiger partial charge in [-0.1, -0.05) is 30.3 Å². The SMILES string of the molecule is CC(C(=O)Nc1ccc(F)cc1)n1nc(-c2ccccc2)ccc1=O. The first-order valence-corrected chi connectivity index (χ1v) is 7.76. The van der Waals surface area contributed by atoms with Crippen LogP contribution in [0.4, 0.5) is 10.1 Å². The second-order valence-electron chi connectivity index (χ2n) is 5.54. The van der Waals surface area contributed by atoms with Crippen molar-refractivity contribution >= 4 is 11.6 Å². The van der Waals surface area contributed by atoms with Crippen molar-refractivity contribution in [2.75, 3.05) is 5.32 Å². The lowest BCUT2D eigenvalue weighted by atomic mass is 10.1. The molecule has 0 aliphatic carbocycles. The van der Waals surface area contributed by atoms with Crippen LogP contribution in [0.2, 0.25) is 0 Å². The summed E-state index contributed by atoms with van der Waals surface area (Å²) in [5.74, 6) is -0.800. The maximum Gasteiger partial charge on any atom is 0.267 e. The fraction of sp³-hybridized carbons (Fsp3) is 0.105. The van der Waals surface area contributed by atoms with Crippen molar-refractivity contribution in [3.8, 4) is 11.3 Å². The van der Waals surface area contributed by atoms with E-state index in [1.807, 2.05) is 30.3 Å². The second kappa shape index (κ2) is 7.09. The molecule has 0 aliphatic heterocycles. The van der Waals surface area contributed by atoms with Crippen LogP contribution in [0.25, 0.3) is 11.3 Å². The van der Waals surface area contributed by atoms with Gasteiger partial charge in [-0.3, -0.25) is 9.59 Å². The summed E-state index contributed by atoms with van der Waals surface area (Å²) in [5, 5.41) is 6.95. The van der Waals surface area contributed by atoms with Crippen LogP contribution >= 0.6 is 0 Å². The minimum atomic E-state index is -0.818. The van der Waals surface area contributed by atoms with Crippen molar-refractivity contribution in [1.29, 1.82) is 0 Å². The van der Waals surface area contributed by atoms with Crippen molar-refractivity contribution in [2.45, 2.75) is 13.0 Å². The molecule has 0 aliphatic rings. The van der Waals surface area contributed by atoms with E-state index >= 15 is 0 Å². The van der Waals surface area contributed by atoms with Crippen molar-refractivity contribution < 1.29 is 9.18 Å². The van der Waals surface area contributed by atoms with Crippen molar-refractivity contribution in [3.05, 3.63) is 82.9 Å². The fourth-order valence-corrected chi connectivity index (χ4v) is 2.36. The third-order valence-electron chi connectivity index (χ3n) is 3.75. The van der Waals surface area contributed by atoms with Crippen molar-refractivity contribution in [1.82, 2.24) is 9.78 Å². The highest BCUT2D eigenvalue weighted by Gasteiger charge is 2.18. The van der Waals surface area contributed by atoms with Crippen LogP contribution < -0.4 is 10.9 Å². The maximum absolute atomic E-state index is 12.9. The van der Waals surface area contributed by atoms with Gasteiger partial charge in [0.1, 0.15) is 11.9 Å². The minimum Gasteiger partial charge on any atom is -0.324 e. The smallest absolute Gasteiger partial charge is 0.267 e. The molecule has 0 radical (unpaired) electrons. The highest BCUT2D eigenvalue weighted by Crippen LogP contribution is 2.16. The van der Waals surface area contributed by atoms with Gasteiger partial charge in [0.25, 0.3) is 5.56 Å². The zero-order valence-corrected chi connectivity index (χ0v) is 13.5. The summed E-state index contributed by atoms with van der Waals surface area (Å²) >= 11 is 0. The average molecular weight is 337 g/mol. The van der Waals surface area contributed by atoms with Crippen LogP contribution in [0.1, 0.15) is 13.0 Å². The molecule has 1 aromatic heterocycles. The number of nitrogens with one attached hydrogen (secondary N) is 1. The van der Waals surface area contributed by atoms with E-state index in [0.717, 1.165) is 10.2 Å². The Bertz CT molecular complexity index is 937. The summed E-state index contributed by atoms with van der Waals surface area (Å²) in [5.41, 5.74) is 1.52.